The number of hydrogen-bond acceptors (Lipinski definition) is 2. The Kier molecular flexibility index (Phi) is 3.85. The van der Waals surface area contributed by atoms with E-state index in [4.69, 9.17) is 0 Å². The van der Waals surface area contributed by atoms with Crippen molar-refractivity contribution in [3.63, 3.8) is 0 Å². The smallest absolute Gasteiger partial charge is 0.265 e. The first kappa shape index (κ1) is 14.4. The molecule has 4 rings (SSSR count). The van der Waals surface area contributed by atoms with Crippen molar-refractivity contribution in [2.75, 3.05) is 0 Å². The Morgan fingerprint density at radius 1 is 0.739 bits per heavy atom. The van der Waals surface area contributed by atoms with Gasteiger partial charge < -0.3 is 0 Å². The first-order chi connectivity index (χ1) is 11.3. The van der Waals surface area contributed by atoms with E-state index in [-0.39, 0.29) is 5.91 Å². The number of fused-ring (bicyclic) bond motifs is 2. The molecule has 0 unspecified atom stereocenters. The summed E-state index contributed by atoms with van der Waals surface area (Å²) in [6, 6.07) is 26.0. The molecule has 0 bridgehead atoms. The number of benzene rings is 3. The highest BCUT2D eigenvalue weighted by Crippen LogP contribution is 2.44. The molecule has 1 N–H and O–H groups in total. The van der Waals surface area contributed by atoms with Crippen LogP contribution in [0.1, 0.15) is 10.4 Å². The summed E-state index contributed by atoms with van der Waals surface area (Å²) in [5.74, 6) is -0.0366. The fraction of sp³-hybridized carbons (Fsp3) is 0. The summed E-state index contributed by atoms with van der Waals surface area (Å²) in [6.45, 7) is 0. The molecule has 0 saturated carbocycles. The molecule has 0 aliphatic carbocycles. The van der Waals surface area contributed by atoms with Gasteiger partial charge in [0.2, 0.25) is 9.79 Å². The SMILES string of the molecule is O=C(N[S+]1c2ccccc2Sc2ccccc21)c1ccccc1. The van der Waals surface area contributed by atoms with E-state index in [1.54, 1.807) is 11.8 Å². The van der Waals surface area contributed by atoms with Crippen molar-refractivity contribution >= 4 is 28.8 Å². The Bertz CT molecular complexity index is 819. The number of carbonyl (C=O) groups is 1. The van der Waals surface area contributed by atoms with E-state index < -0.39 is 11.1 Å². The average Bonchev–Trinajstić information content (AvgIpc) is 2.62. The third kappa shape index (κ3) is 2.76. The molecule has 1 aliphatic heterocycles. The zero-order valence-electron chi connectivity index (χ0n) is 12.2. The summed E-state index contributed by atoms with van der Waals surface area (Å²) in [5.41, 5.74) is 0.688. The maximum atomic E-state index is 12.6. The molecule has 1 amide bonds. The van der Waals surface area contributed by atoms with Crippen LogP contribution < -0.4 is 4.72 Å². The molecular weight excluding hydrogens is 322 g/mol. The molecule has 0 spiro atoms. The first-order valence-electron chi connectivity index (χ1n) is 7.29. The van der Waals surface area contributed by atoms with E-state index in [1.165, 1.54) is 19.6 Å². The van der Waals surface area contributed by atoms with E-state index in [1.807, 2.05) is 54.6 Å². The molecule has 0 fully saturated rings. The molecule has 0 radical (unpaired) electrons. The van der Waals surface area contributed by atoms with E-state index in [0.717, 1.165) is 0 Å². The second-order valence-corrected chi connectivity index (χ2v) is 7.88. The predicted molar refractivity (Wildman–Crippen MR) is 94.8 cm³/mol. The lowest BCUT2D eigenvalue weighted by Gasteiger charge is -2.18. The standard InChI is InChI=1S/C19H13NOS2/c21-19(14-8-2-1-3-9-14)20-23-17-12-6-4-10-15(17)22-16-11-5-7-13-18(16)23/h1-13H/p+1. The van der Waals surface area contributed by atoms with Crippen LogP contribution in [0.4, 0.5) is 0 Å². The first-order valence-corrected chi connectivity index (χ1v) is 9.33. The molecular formula is C19H14NOS2+. The van der Waals surface area contributed by atoms with Gasteiger partial charge in [-0.3, -0.25) is 4.79 Å². The van der Waals surface area contributed by atoms with Gasteiger partial charge in [0, 0.05) is 5.56 Å². The van der Waals surface area contributed by atoms with Gasteiger partial charge in [-0.05, 0) is 36.4 Å². The second-order valence-electron chi connectivity index (χ2n) is 5.10. The third-order valence-electron chi connectivity index (χ3n) is 3.59. The zero-order chi connectivity index (χ0) is 15.6. The van der Waals surface area contributed by atoms with Crippen molar-refractivity contribution in [1.82, 2.24) is 4.72 Å². The molecule has 1 aliphatic rings. The van der Waals surface area contributed by atoms with Crippen LogP contribution in [-0.4, -0.2) is 5.91 Å². The van der Waals surface area contributed by atoms with Crippen molar-refractivity contribution in [3.8, 4) is 0 Å². The highest BCUT2D eigenvalue weighted by atomic mass is 32.2. The van der Waals surface area contributed by atoms with Gasteiger partial charge in [-0.1, -0.05) is 54.2 Å². The van der Waals surface area contributed by atoms with E-state index in [0.29, 0.717) is 5.56 Å². The minimum atomic E-state index is -0.445. The van der Waals surface area contributed by atoms with Crippen LogP contribution in [0.2, 0.25) is 0 Å². The summed E-state index contributed by atoms with van der Waals surface area (Å²) >= 11 is 1.32. The van der Waals surface area contributed by atoms with E-state index in [9.17, 15) is 4.79 Å². The van der Waals surface area contributed by atoms with Gasteiger partial charge in [-0.2, -0.15) is 4.72 Å². The van der Waals surface area contributed by atoms with Gasteiger partial charge in [0.05, 0.1) is 9.79 Å². The van der Waals surface area contributed by atoms with Crippen LogP contribution in [0.3, 0.4) is 0 Å². The Labute approximate surface area is 142 Å². The van der Waals surface area contributed by atoms with Gasteiger partial charge in [-0.15, -0.1) is 0 Å². The highest BCUT2D eigenvalue weighted by Gasteiger charge is 2.38. The Morgan fingerprint density at radius 3 is 1.87 bits per heavy atom. The number of rotatable bonds is 2. The molecule has 2 nitrogen and oxygen atoms in total. The van der Waals surface area contributed by atoms with Crippen LogP contribution in [0.15, 0.2) is 98.4 Å². The average molecular weight is 336 g/mol. The van der Waals surface area contributed by atoms with Gasteiger partial charge in [0.25, 0.3) is 5.91 Å². The Balaban J connectivity index is 1.74. The topological polar surface area (TPSA) is 29.1 Å². The fourth-order valence-electron chi connectivity index (χ4n) is 2.49. The molecule has 112 valence electrons. The summed E-state index contributed by atoms with van der Waals surface area (Å²) in [4.78, 5) is 17.4. The fourth-order valence-corrected chi connectivity index (χ4v) is 5.84. The van der Waals surface area contributed by atoms with E-state index >= 15 is 0 Å². The highest BCUT2D eigenvalue weighted by molar-refractivity contribution is 8.03. The van der Waals surface area contributed by atoms with Crippen LogP contribution >= 0.6 is 11.8 Å². The number of carbonyl (C=O) groups excluding carboxylic acids is 1. The lowest BCUT2D eigenvalue weighted by atomic mass is 10.2. The normalized spacial score (nSPS) is 13.0. The summed E-state index contributed by atoms with van der Waals surface area (Å²) in [5, 5.41) is 0. The number of amides is 1. The molecule has 0 aromatic heterocycles. The monoisotopic (exact) mass is 336 g/mol. The van der Waals surface area contributed by atoms with Crippen molar-refractivity contribution in [1.29, 1.82) is 0 Å². The van der Waals surface area contributed by atoms with Gasteiger partial charge in [-0.25, -0.2) is 0 Å². The van der Waals surface area contributed by atoms with E-state index in [2.05, 4.69) is 29.0 Å². The van der Waals surface area contributed by atoms with Crippen LogP contribution in [0.5, 0.6) is 0 Å². The minimum absolute atomic E-state index is 0.0366. The van der Waals surface area contributed by atoms with Gasteiger partial charge in [0.15, 0.2) is 11.1 Å². The van der Waals surface area contributed by atoms with Crippen molar-refractivity contribution in [2.24, 2.45) is 0 Å². The van der Waals surface area contributed by atoms with Crippen LogP contribution in [0, 0.1) is 0 Å². The van der Waals surface area contributed by atoms with Crippen molar-refractivity contribution < 1.29 is 4.79 Å². The number of hydrogen-bond donors (Lipinski definition) is 1. The zero-order valence-corrected chi connectivity index (χ0v) is 13.9. The predicted octanol–water partition coefficient (Wildman–Crippen LogP) is 4.53. The lowest BCUT2D eigenvalue weighted by molar-refractivity contribution is 0.0983. The number of nitrogens with one attached hydrogen (secondary N) is 1. The third-order valence-corrected chi connectivity index (χ3v) is 6.98. The molecule has 3 aromatic rings. The van der Waals surface area contributed by atoms with Gasteiger partial charge >= 0.3 is 0 Å². The summed E-state index contributed by atoms with van der Waals surface area (Å²) < 4.78 is 3.22. The maximum absolute atomic E-state index is 12.6. The van der Waals surface area contributed by atoms with Crippen LogP contribution in [0.25, 0.3) is 0 Å². The second kappa shape index (κ2) is 6.14. The van der Waals surface area contributed by atoms with Crippen molar-refractivity contribution in [2.45, 2.75) is 19.6 Å². The lowest BCUT2D eigenvalue weighted by Crippen LogP contribution is -2.32. The minimum Gasteiger partial charge on any atom is -0.265 e. The van der Waals surface area contributed by atoms with Crippen LogP contribution in [-0.2, 0) is 11.1 Å². The molecule has 0 atom stereocenters. The van der Waals surface area contributed by atoms with Gasteiger partial charge in [0.1, 0.15) is 0 Å². The Morgan fingerprint density at radius 2 is 1.26 bits per heavy atom. The summed E-state index contributed by atoms with van der Waals surface area (Å²) in [6.07, 6.45) is 0. The largest absolute Gasteiger partial charge is 0.292 e. The molecule has 1 heterocycles. The quantitative estimate of drug-likeness (QED) is 0.697. The molecule has 3 aromatic carbocycles. The summed E-state index contributed by atoms with van der Waals surface area (Å²) in [7, 11) is 0. The Hall–Kier alpha value is -2.17. The maximum Gasteiger partial charge on any atom is 0.292 e. The molecule has 4 heteroatoms. The molecule has 23 heavy (non-hydrogen) atoms. The van der Waals surface area contributed by atoms with Crippen molar-refractivity contribution in [3.05, 3.63) is 84.4 Å². The molecule has 0 saturated heterocycles.